The average Bonchev–Trinajstić information content (AvgIpc) is 2.63. The molecule has 1 heterocycles. The highest BCUT2D eigenvalue weighted by atomic mass is 16.5. The third kappa shape index (κ3) is 3.68. The summed E-state index contributed by atoms with van der Waals surface area (Å²) in [5.41, 5.74) is 1.46. The van der Waals surface area contributed by atoms with Gasteiger partial charge >= 0.3 is 0 Å². The van der Waals surface area contributed by atoms with Crippen molar-refractivity contribution in [1.82, 2.24) is 14.7 Å². The summed E-state index contributed by atoms with van der Waals surface area (Å²) in [4.78, 5) is 2.05. The summed E-state index contributed by atoms with van der Waals surface area (Å²) in [6.45, 7) is 4.98. The molecule has 1 aromatic heterocycles. The first-order valence-corrected chi connectivity index (χ1v) is 6.33. The molecule has 0 aliphatic rings. The second-order valence-corrected chi connectivity index (χ2v) is 5.50. The number of hydrogen-bond acceptors (Lipinski definition) is 5. The summed E-state index contributed by atoms with van der Waals surface area (Å²) in [6.07, 6.45) is 0. The van der Waals surface area contributed by atoms with Crippen LogP contribution < -0.4 is 4.74 Å². The number of aryl methyl sites for hydroxylation is 2. The van der Waals surface area contributed by atoms with E-state index in [0.717, 1.165) is 17.1 Å². The van der Waals surface area contributed by atoms with Crippen LogP contribution in [0.4, 0.5) is 0 Å². The maximum atomic E-state index is 9.33. The smallest absolute Gasteiger partial charge is 0.216 e. The predicted octanol–water partition coefficient (Wildman–Crippen LogP) is 0.160. The van der Waals surface area contributed by atoms with Crippen LogP contribution in [0.5, 0.6) is 5.88 Å². The van der Waals surface area contributed by atoms with Crippen molar-refractivity contribution in [2.75, 3.05) is 33.9 Å². The molecule has 110 valence electrons. The molecule has 0 aliphatic heterocycles. The molecule has 0 aliphatic carbocycles. The van der Waals surface area contributed by atoms with E-state index in [1.807, 2.05) is 27.9 Å². The second-order valence-electron chi connectivity index (χ2n) is 5.50. The van der Waals surface area contributed by atoms with Crippen molar-refractivity contribution in [3.8, 4) is 5.88 Å². The third-order valence-electron chi connectivity index (χ3n) is 3.33. The van der Waals surface area contributed by atoms with Crippen molar-refractivity contribution in [2.24, 2.45) is 12.5 Å². The van der Waals surface area contributed by atoms with E-state index in [1.165, 1.54) is 0 Å². The summed E-state index contributed by atoms with van der Waals surface area (Å²) in [5.74, 6) is 0.749. The zero-order valence-electron chi connectivity index (χ0n) is 12.5. The molecule has 0 saturated heterocycles. The van der Waals surface area contributed by atoms with Crippen LogP contribution in [0, 0.1) is 12.3 Å². The van der Waals surface area contributed by atoms with Crippen LogP contribution in [0.1, 0.15) is 18.2 Å². The summed E-state index contributed by atoms with van der Waals surface area (Å²) >= 11 is 0. The molecule has 0 saturated carbocycles. The van der Waals surface area contributed by atoms with Crippen LogP contribution in [0.25, 0.3) is 0 Å². The van der Waals surface area contributed by atoms with Gasteiger partial charge in [-0.1, -0.05) is 6.92 Å². The van der Waals surface area contributed by atoms with Crippen molar-refractivity contribution >= 4 is 0 Å². The first kappa shape index (κ1) is 15.9. The van der Waals surface area contributed by atoms with Crippen molar-refractivity contribution in [3.63, 3.8) is 0 Å². The van der Waals surface area contributed by atoms with Crippen LogP contribution in [0.3, 0.4) is 0 Å². The van der Waals surface area contributed by atoms with Gasteiger partial charge in [-0.2, -0.15) is 5.10 Å². The Labute approximate surface area is 114 Å². The lowest BCUT2D eigenvalue weighted by Crippen LogP contribution is -2.38. The normalized spacial score (nSPS) is 12.2. The molecule has 0 atom stereocenters. The molecule has 0 radical (unpaired) electrons. The van der Waals surface area contributed by atoms with E-state index in [4.69, 9.17) is 4.74 Å². The van der Waals surface area contributed by atoms with E-state index < -0.39 is 5.41 Å². The van der Waals surface area contributed by atoms with Gasteiger partial charge in [0.15, 0.2) is 0 Å². The molecule has 0 fully saturated rings. The average molecular weight is 271 g/mol. The zero-order valence-corrected chi connectivity index (χ0v) is 12.5. The van der Waals surface area contributed by atoms with E-state index in [1.54, 1.807) is 11.8 Å². The molecule has 0 bridgehead atoms. The van der Waals surface area contributed by atoms with Crippen LogP contribution in [-0.4, -0.2) is 58.8 Å². The van der Waals surface area contributed by atoms with E-state index in [-0.39, 0.29) is 13.2 Å². The maximum absolute atomic E-state index is 9.33. The SMILES string of the molecule is COc1c(CN(C)CC(C)(CO)CO)c(C)nn1C. The van der Waals surface area contributed by atoms with Gasteiger partial charge < -0.3 is 19.8 Å². The first-order chi connectivity index (χ1) is 8.86. The van der Waals surface area contributed by atoms with Gasteiger partial charge in [0.25, 0.3) is 0 Å². The molecule has 19 heavy (non-hydrogen) atoms. The number of aliphatic hydroxyl groups excluding tert-OH is 2. The monoisotopic (exact) mass is 271 g/mol. The van der Waals surface area contributed by atoms with Gasteiger partial charge in [0.1, 0.15) is 0 Å². The molecular weight excluding hydrogens is 246 g/mol. The summed E-state index contributed by atoms with van der Waals surface area (Å²) in [7, 11) is 5.43. The highest BCUT2D eigenvalue weighted by Gasteiger charge is 2.25. The molecule has 0 unspecified atom stereocenters. The summed E-state index contributed by atoms with van der Waals surface area (Å²) in [6, 6.07) is 0. The van der Waals surface area contributed by atoms with Gasteiger partial charge in [-0.25, -0.2) is 4.68 Å². The van der Waals surface area contributed by atoms with E-state index >= 15 is 0 Å². The van der Waals surface area contributed by atoms with Gasteiger partial charge in [-0.15, -0.1) is 0 Å². The van der Waals surface area contributed by atoms with E-state index in [9.17, 15) is 10.2 Å². The van der Waals surface area contributed by atoms with Crippen LogP contribution in [-0.2, 0) is 13.6 Å². The Bertz CT molecular complexity index is 414. The lowest BCUT2D eigenvalue weighted by Gasteiger charge is -2.30. The number of hydrogen-bond donors (Lipinski definition) is 2. The molecule has 0 aromatic carbocycles. The molecular formula is C13H25N3O3. The Hall–Kier alpha value is -1.11. The Morgan fingerprint density at radius 3 is 2.42 bits per heavy atom. The lowest BCUT2D eigenvalue weighted by molar-refractivity contribution is 0.0400. The molecule has 2 N–H and O–H groups in total. The number of rotatable bonds is 7. The maximum Gasteiger partial charge on any atom is 0.216 e. The van der Waals surface area contributed by atoms with Crippen LogP contribution in [0.2, 0.25) is 0 Å². The Morgan fingerprint density at radius 1 is 1.37 bits per heavy atom. The van der Waals surface area contributed by atoms with E-state index in [0.29, 0.717) is 13.1 Å². The summed E-state index contributed by atoms with van der Waals surface area (Å²) in [5, 5.41) is 23.0. The minimum Gasteiger partial charge on any atom is -0.481 e. The third-order valence-corrected chi connectivity index (χ3v) is 3.33. The van der Waals surface area contributed by atoms with Gasteiger partial charge in [0.2, 0.25) is 5.88 Å². The topological polar surface area (TPSA) is 70.8 Å². The van der Waals surface area contributed by atoms with Crippen LogP contribution >= 0.6 is 0 Å². The fraction of sp³-hybridized carbons (Fsp3) is 0.769. The van der Waals surface area contributed by atoms with Crippen molar-refractivity contribution in [1.29, 1.82) is 0 Å². The number of aliphatic hydroxyl groups is 2. The minimum absolute atomic E-state index is 0.0446. The predicted molar refractivity (Wildman–Crippen MR) is 73.1 cm³/mol. The molecule has 1 aromatic rings. The fourth-order valence-corrected chi connectivity index (χ4v) is 2.25. The number of ether oxygens (including phenoxy) is 1. The van der Waals surface area contributed by atoms with Crippen molar-refractivity contribution in [2.45, 2.75) is 20.4 Å². The molecule has 6 heteroatoms. The Balaban J connectivity index is 2.80. The molecule has 0 spiro atoms. The highest BCUT2D eigenvalue weighted by Crippen LogP contribution is 2.24. The van der Waals surface area contributed by atoms with Gasteiger partial charge in [0, 0.05) is 25.6 Å². The lowest BCUT2D eigenvalue weighted by atomic mass is 9.92. The number of nitrogens with zero attached hydrogens (tertiary/aromatic N) is 3. The van der Waals surface area contributed by atoms with Gasteiger partial charge in [-0.3, -0.25) is 0 Å². The Morgan fingerprint density at radius 2 is 1.95 bits per heavy atom. The second kappa shape index (κ2) is 6.36. The number of aromatic nitrogens is 2. The minimum atomic E-state index is -0.502. The fourth-order valence-electron chi connectivity index (χ4n) is 2.25. The van der Waals surface area contributed by atoms with Crippen molar-refractivity contribution < 1.29 is 14.9 Å². The van der Waals surface area contributed by atoms with E-state index in [2.05, 4.69) is 10.00 Å². The first-order valence-electron chi connectivity index (χ1n) is 6.33. The molecule has 1 rings (SSSR count). The molecule has 6 nitrogen and oxygen atoms in total. The zero-order chi connectivity index (χ0) is 14.6. The van der Waals surface area contributed by atoms with Crippen molar-refractivity contribution in [3.05, 3.63) is 11.3 Å². The Kier molecular flexibility index (Phi) is 5.34. The van der Waals surface area contributed by atoms with Crippen LogP contribution in [0.15, 0.2) is 0 Å². The quantitative estimate of drug-likeness (QED) is 0.739. The van der Waals surface area contributed by atoms with Gasteiger partial charge in [0.05, 0.1) is 31.6 Å². The summed E-state index contributed by atoms with van der Waals surface area (Å²) < 4.78 is 7.07. The largest absolute Gasteiger partial charge is 0.481 e. The molecule has 0 amide bonds. The van der Waals surface area contributed by atoms with Gasteiger partial charge in [-0.05, 0) is 14.0 Å². The number of methoxy groups -OCH3 is 1. The highest BCUT2D eigenvalue weighted by molar-refractivity contribution is 5.30. The standard InChI is InChI=1S/C13H25N3O3/c1-10-11(12(19-5)16(4)14-10)6-15(3)7-13(2,8-17)9-18/h17-18H,6-9H2,1-5H3.